The molecule has 0 aliphatic carbocycles. The van der Waals surface area contributed by atoms with E-state index in [0.29, 0.717) is 12.4 Å². The fourth-order valence-electron chi connectivity index (χ4n) is 3.40. The Hall–Kier alpha value is -3.18. The van der Waals surface area contributed by atoms with Crippen LogP contribution in [0.3, 0.4) is 0 Å². The Kier molecular flexibility index (Phi) is 5.47. The lowest BCUT2D eigenvalue weighted by molar-refractivity contribution is -0.207. The number of carbonyl (C=O) groups is 1. The zero-order valence-electron chi connectivity index (χ0n) is 17.1. The summed E-state index contributed by atoms with van der Waals surface area (Å²) in [5, 5.41) is 0. The molecule has 0 saturated carbocycles. The van der Waals surface area contributed by atoms with Crippen LogP contribution in [0.4, 0.5) is 26.3 Å². The van der Waals surface area contributed by atoms with Gasteiger partial charge >= 0.3 is 12.1 Å². The fourth-order valence-corrected chi connectivity index (χ4v) is 3.40. The molecule has 1 aliphatic heterocycles. The van der Waals surface area contributed by atoms with E-state index in [4.69, 9.17) is 10.5 Å². The van der Waals surface area contributed by atoms with Gasteiger partial charge in [0.15, 0.2) is 22.6 Å². The summed E-state index contributed by atoms with van der Waals surface area (Å²) in [6.45, 7) is 3.16. The van der Waals surface area contributed by atoms with Crippen LogP contribution in [0.15, 0.2) is 35.6 Å². The fraction of sp³-hybridized carbons (Fsp3) is 0.400. The van der Waals surface area contributed by atoms with Crippen LogP contribution in [0.25, 0.3) is 0 Å². The first-order chi connectivity index (χ1) is 14.6. The number of benzene rings is 1. The van der Waals surface area contributed by atoms with Crippen LogP contribution >= 0.6 is 0 Å². The molecule has 0 unspecified atom stereocenters. The van der Waals surface area contributed by atoms with Gasteiger partial charge in [0, 0.05) is 12.0 Å². The number of ketones is 1. The highest BCUT2D eigenvalue weighted by Crippen LogP contribution is 2.51. The van der Waals surface area contributed by atoms with Gasteiger partial charge in [-0.15, -0.1) is 0 Å². The SMILES string of the molecule is CC1(C)OC(N)=N[C@](C)(c2cc(CC(=O)c3cnc(C(F)(F)F)cn3)ccc2F)C1(F)F. The molecule has 6 nitrogen and oxygen atoms in total. The molecule has 3 rings (SSSR count). The molecule has 172 valence electrons. The van der Waals surface area contributed by atoms with E-state index < -0.39 is 58.5 Å². The maximum atomic E-state index is 15.2. The number of halogens is 6. The predicted molar refractivity (Wildman–Crippen MR) is 101 cm³/mol. The minimum Gasteiger partial charge on any atom is -0.453 e. The smallest absolute Gasteiger partial charge is 0.434 e. The van der Waals surface area contributed by atoms with Crippen molar-refractivity contribution in [1.29, 1.82) is 0 Å². The molecule has 2 N–H and O–H groups in total. The van der Waals surface area contributed by atoms with Gasteiger partial charge in [0.2, 0.25) is 0 Å². The Morgan fingerprint density at radius 1 is 1.12 bits per heavy atom. The van der Waals surface area contributed by atoms with Gasteiger partial charge in [-0.05, 0) is 38.5 Å². The largest absolute Gasteiger partial charge is 0.453 e. The van der Waals surface area contributed by atoms with E-state index in [1.165, 1.54) is 6.07 Å². The number of aromatic nitrogens is 2. The molecule has 32 heavy (non-hydrogen) atoms. The van der Waals surface area contributed by atoms with Gasteiger partial charge in [-0.25, -0.2) is 19.4 Å². The molecule has 0 fully saturated rings. The average molecular weight is 460 g/mol. The summed E-state index contributed by atoms with van der Waals surface area (Å²) < 4.78 is 87.8. The van der Waals surface area contributed by atoms with E-state index in [0.717, 1.165) is 32.9 Å². The van der Waals surface area contributed by atoms with Gasteiger partial charge in [-0.3, -0.25) is 4.79 Å². The van der Waals surface area contributed by atoms with Crippen molar-refractivity contribution >= 4 is 11.8 Å². The lowest BCUT2D eigenvalue weighted by atomic mass is 9.76. The van der Waals surface area contributed by atoms with E-state index in [1.54, 1.807) is 0 Å². The standard InChI is InChI=1S/C20H18F6N4O2/c1-17(2)20(25,26)18(3,30-16(27)32-17)11-6-10(4-5-12(11)21)7-14(31)13-8-29-15(9-28-13)19(22,23)24/h4-6,8-9H,7H2,1-3H3,(H2,27,30)/t18-/m1/s1. The molecule has 0 saturated heterocycles. The molecular weight excluding hydrogens is 442 g/mol. The van der Waals surface area contributed by atoms with Gasteiger partial charge in [0.1, 0.15) is 11.5 Å². The number of ether oxygens (including phenoxy) is 1. The van der Waals surface area contributed by atoms with Crippen LogP contribution in [0.5, 0.6) is 0 Å². The number of alkyl halides is 5. The Bertz CT molecular complexity index is 1080. The van der Waals surface area contributed by atoms with Gasteiger partial charge in [0.25, 0.3) is 6.02 Å². The van der Waals surface area contributed by atoms with E-state index in [1.807, 2.05) is 0 Å². The molecular formula is C20H18F6N4O2. The topological polar surface area (TPSA) is 90.5 Å². The van der Waals surface area contributed by atoms with E-state index in [-0.39, 0.29) is 11.3 Å². The number of nitrogens with two attached hydrogens (primary N) is 1. The third-order valence-electron chi connectivity index (χ3n) is 5.21. The second-order valence-corrected chi connectivity index (χ2v) is 7.91. The summed E-state index contributed by atoms with van der Waals surface area (Å²) in [5.74, 6) is -5.45. The van der Waals surface area contributed by atoms with Crippen LogP contribution in [0.2, 0.25) is 0 Å². The lowest BCUT2D eigenvalue weighted by Crippen LogP contribution is -2.62. The molecule has 0 bridgehead atoms. The summed E-state index contributed by atoms with van der Waals surface area (Å²) in [7, 11) is 0. The first-order valence-electron chi connectivity index (χ1n) is 9.22. The van der Waals surface area contributed by atoms with Crippen LogP contribution < -0.4 is 5.73 Å². The van der Waals surface area contributed by atoms with Crippen molar-refractivity contribution in [2.75, 3.05) is 0 Å². The van der Waals surface area contributed by atoms with Crippen molar-refractivity contribution in [2.24, 2.45) is 10.7 Å². The van der Waals surface area contributed by atoms with E-state index >= 15 is 8.78 Å². The van der Waals surface area contributed by atoms with Crippen LogP contribution in [-0.2, 0) is 22.9 Å². The van der Waals surface area contributed by atoms with Crippen LogP contribution in [-0.4, -0.2) is 33.3 Å². The molecule has 0 radical (unpaired) electrons. The maximum Gasteiger partial charge on any atom is 0.434 e. The van der Waals surface area contributed by atoms with E-state index in [9.17, 15) is 22.4 Å². The first kappa shape index (κ1) is 23.5. The number of carbonyl (C=O) groups excluding carboxylic acids is 1. The van der Waals surface area contributed by atoms with Gasteiger partial charge < -0.3 is 10.5 Å². The quantitative estimate of drug-likeness (QED) is 0.550. The van der Waals surface area contributed by atoms with Gasteiger partial charge in [-0.1, -0.05) is 6.07 Å². The Morgan fingerprint density at radius 3 is 2.34 bits per heavy atom. The summed E-state index contributed by atoms with van der Waals surface area (Å²) in [6, 6.07) is 2.57. The third-order valence-corrected chi connectivity index (χ3v) is 5.21. The van der Waals surface area contributed by atoms with E-state index in [2.05, 4.69) is 15.0 Å². The number of hydrogen-bond donors (Lipinski definition) is 1. The molecule has 2 heterocycles. The normalized spacial score (nSPS) is 22.1. The maximum absolute atomic E-state index is 15.2. The van der Waals surface area contributed by atoms with Crippen molar-refractivity contribution in [3.8, 4) is 0 Å². The van der Waals surface area contributed by atoms with Crippen molar-refractivity contribution in [3.05, 3.63) is 58.9 Å². The minimum absolute atomic E-state index is 0.114. The van der Waals surface area contributed by atoms with Crippen molar-refractivity contribution in [3.63, 3.8) is 0 Å². The second-order valence-electron chi connectivity index (χ2n) is 7.91. The number of aliphatic imine (C=N–C) groups is 1. The van der Waals surface area contributed by atoms with Crippen LogP contribution in [0.1, 0.15) is 48.1 Å². The van der Waals surface area contributed by atoms with Gasteiger partial charge in [0.05, 0.1) is 12.4 Å². The number of amidine groups is 1. The monoisotopic (exact) mass is 460 g/mol. The zero-order chi connectivity index (χ0) is 24.1. The lowest BCUT2D eigenvalue weighted by Gasteiger charge is -2.46. The minimum atomic E-state index is -4.72. The Morgan fingerprint density at radius 2 is 1.78 bits per heavy atom. The summed E-state index contributed by atoms with van der Waals surface area (Å²) >= 11 is 0. The Balaban J connectivity index is 1.96. The molecule has 1 aromatic heterocycles. The molecule has 12 heteroatoms. The molecule has 2 aromatic rings. The Labute approximate surface area is 178 Å². The first-order valence-corrected chi connectivity index (χ1v) is 9.22. The second kappa shape index (κ2) is 7.45. The molecule has 1 atom stereocenters. The van der Waals surface area contributed by atoms with Gasteiger partial charge in [-0.2, -0.15) is 22.0 Å². The third kappa shape index (κ3) is 3.89. The van der Waals surface area contributed by atoms with Crippen LogP contribution in [0, 0.1) is 5.82 Å². The highest BCUT2D eigenvalue weighted by atomic mass is 19.4. The number of rotatable bonds is 4. The summed E-state index contributed by atoms with van der Waals surface area (Å²) in [4.78, 5) is 22.7. The number of nitrogens with zero attached hydrogens (tertiary/aromatic N) is 3. The summed E-state index contributed by atoms with van der Waals surface area (Å²) in [6.07, 6.45) is -4.10. The predicted octanol–water partition coefficient (Wildman–Crippen LogP) is 4.03. The highest BCUT2D eigenvalue weighted by Gasteiger charge is 2.66. The zero-order valence-corrected chi connectivity index (χ0v) is 17.1. The molecule has 0 spiro atoms. The van der Waals surface area contributed by atoms with Crippen molar-refractivity contribution < 1.29 is 35.9 Å². The van der Waals surface area contributed by atoms with Crippen molar-refractivity contribution in [2.45, 2.75) is 50.4 Å². The van der Waals surface area contributed by atoms with Crippen molar-refractivity contribution in [1.82, 2.24) is 9.97 Å². The average Bonchev–Trinajstić information content (AvgIpc) is 2.67. The molecule has 1 aliphatic rings. The molecule has 0 amide bonds. The highest BCUT2D eigenvalue weighted by molar-refractivity contribution is 5.95. The molecule has 1 aromatic carbocycles. The number of Topliss-reactive ketones (excluding diaryl/α,β-unsaturated/α-hetero) is 1. The number of hydrogen-bond acceptors (Lipinski definition) is 6. The summed E-state index contributed by atoms with van der Waals surface area (Å²) in [5.41, 5.74) is -1.05.